The minimum Gasteiger partial charge on any atom is -0.452 e. The number of hydrogen-bond donors (Lipinski definition) is 1. The topological polar surface area (TPSA) is 33.4 Å². The van der Waals surface area contributed by atoms with E-state index in [1.165, 1.54) is 19.3 Å². The van der Waals surface area contributed by atoms with Crippen LogP contribution in [-0.2, 0) is 0 Å². The molecule has 0 saturated carbocycles. The highest BCUT2D eigenvalue weighted by molar-refractivity contribution is 9.10. The smallest absolute Gasteiger partial charge is 0.169 e. The van der Waals surface area contributed by atoms with Crippen molar-refractivity contribution in [1.29, 1.82) is 0 Å². The Kier molecular flexibility index (Phi) is 6.14. The molecule has 16 heavy (non-hydrogen) atoms. The van der Waals surface area contributed by atoms with Crippen molar-refractivity contribution in [3.8, 4) is 0 Å². The number of aliphatic hydroxyl groups is 1. The van der Waals surface area contributed by atoms with Gasteiger partial charge in [-0.1, -0.05) is 39.5 Å². The van der Waals surface area contributed by atoms with E-state index < -0.39 is 6.10 Å². The summed E-state index contributed by atoms with van der Waals surface area (Å²) in [5.41, 5.74) is 0. The molecule has 0 aliphatic carbocycles. The number of hydrogen-bond acceptors (Lipinski definition) is 2. The van der Waals surface area contributed by atoms with Gasteiger partial charge < -0.3 is 9.52 Å². The van der Waals surface area contributed by atoms with Gasteiger partial charge in [-0.25, -0.2) is 0 Å². The van der Waals surface area contributed by atoms with E-state index in [-0.39, 0.29) is 0 Å². The molecule has 0 spiro atoms. The first-order valence-electron chi connectivity index (χ1n) is 6.10. The highest BCUT2D eigenvalue weighted by Crippen LogP contribution is 2.28. The van der Waals surface area contributed by atoms with Gasteiger partial charge in [0, 0.05) is 0 Å². The van der Waals surface area contributed by atoms with Crippen LogP contribution >= 0.6 is 15.9 Å². The lowest BCUT2D eigenvalue weighted by Crippen LogP contribution is -2.06. The van der Waals surface area contributed by atoms with Crippen molar-refractivity contribution in [3.63, 3.8) is 0 Å². The van der Waals surface area contributed by atoms with E-state index in [2.05, 4.69) is 29.8 Å². The Balaban J connectivity index is 2.45. The first-order chi connectivity index (χ1) is 7.67. The van der Waals surface area contributed by atoms with Crippen LogP contribution in [0, 0.1) is 5.92 Å². The van der Waals surface area contributed by atoms with E-state index in [0.29, 0.717) is 16.3 Å². The lowest BCUT2D eigenvalue weighted by molar-refractivity contribution is 0.114. The van der Waals surface area contributed by atoms with Crippen molar-refractivity contribution in [2.24, 2.45) is 5.92 Å². The van der Waals surface area contributed by atoms with Gasteiger partial charge >= 0.3 is 0 Å². The molecule has 0 radical (unpaired) electrons. The predicted molar refractivity (Wildman–Crippen MR) is 69.3 cm³/mol. The van der Waals surface area contributed by atoms with Crippen LogP contribution in [0.2, 0.25) is 0 Å². The molecule has 0 aliphatic rings. The standard InChI is InChI=1S/C13H21BrO2/c1-3-5-6-10(4-2)9-11(15)12-7-8-13(14)16-12/h7-8,10-11,15H,3-6,9H2,1-2H3. The van der Waals surface area contributed by atoms with Crippen LogP contribution in [-0.4, -0.2) is 5.11 Å². The molecule has 92 valence electrons. The van der Waals surface area contributed by atoms with E-state index >= 15 is 0 Å². The highest BCUT2D eigenvalue weighted by atomic mass is 79.9. The second kappa shape index (κ2) is 7.13. The normalized spacial score (nSPS) is 15.0. The second-order valence-corrected chi connectivity index (χ2v) is 5.09. The van der Waals surface area contributed by atoms with Crippen molar-refractivity contribution in [2.45, 2.75) is 52.1 Å². The van der Waals surface area contributed by atoms with Gasteiger partial charge in [-0.05, 0) is 40.4 Å². The molecule has 0 aliphatic heterocycles. The summed E-state index contributed by atoms with van der Waals surface area (Å²) in [4.78, 5) is 0. The molecule has 3 heteroatoms. The van der Waals surface area contributed by atoms with Crippen molar-refractivity contribution in [3.05, 3.63) is 22.6 Å². The fourth-order valence-electron chi connectivity index (χ4n) is 1.92. The van der Waals surface area contributed by atoms with Crippen LogP contribution in [0.1, 0.15) is 57.8 Å². The van der Waals surface area contributed by atoms with E-state index in [1.807, 2.05) is 12.1 Å². The molecule has 0 fully saturated rings. The zero-order valence-corrected chi connectivity index (χ0v) is 11.7. The van der Waals surface area contributed by atoms with E-state index in [9.17, 15) is 5.11 Å². The number of rotatable bonds is 7. The summed E-state index contributed by atoms with van der Waals surface area (Å²) in [6.45, 7) is 4.39. The highest BCUT2D eigenvalue weighted by Gasteiger charge is 2.17. The monoisotopic (exact) mass is 288 g/mol. The first kappa shape index (κ1) is 13.8. The Morgan fingerprint density at radius 2 is 2.12 bits per heavy atom. The average Bonchev–Trinajstić information content (AvgIpc) is 2.70. The van der Waals surface area contributed by atoms with Crippen LogP contribution < -0.4 is 0 Å². The van der Waals surface area contributed by atoms with Crippen molar-refractivity contribution in [2.75, 3.05) is 0 Å². The molecule has 0 amide bonds. The number of furan rings is 1. The molecular formula is C13H21BrO2. The van der Waals surface area contributed by atoms with Crippen molar-refractivity contribution < 1.29 is 9.52 Å². The third kappa shape index (κ3) is 4.30. The first-order valence-corrected chi connectivity index (χ1v) is 6.89. The van der Waals surface area contributed by atoms with Gasteiger partial charge in [0.15, 0.2) is 4.67 Å². The molecule has 0 bridgehead atoms. The third-order valence-electron chi connectivity index (χ3n) is 3.02. The minimum atomic E-state index is -0.465. The molecule has 1 aromatic heterocycles. The summed E-state index contributed by atoms with van der Waals surface area (Å²) in [5.74, 6) is 1.26. The summed E-state index contributed by atoms with van der Waals surface area (Å²) in [5, 5.41) is 10.0. The van der Waals surface area contributed by atoms with Gasteiger partial charge in [-0.3, -0.25) is 0 Å². The molecule has 1 rings (SSSR count). The lowest BCUT2D eigenvalue weighted by Gasteiger charge is -2.17. The van der Waals surface area contributed by atoms with Crippen LogP contribution in [0.3, 0.4) is 0 Å². The summed E-state index contributed by atoms with van der Waals surface area (Å²) < 4.78 is 6.05. The molecule has 0 aromatic carbocycles. The molecule has 1 N–H and O–H groups in total. The fourth-order valence-corrected chi connectivity index (χ4v) is 2.24. The summed E-state index contributed by atoms with van der Waals surface area (Å²) in [6, 6.07) is 3.66. The lowest BCUT2D eigenvalue weighted by atomic mass is 9.92. The van der Waals surface area contributed by atoms with Crippen LogP contribution in [0.25, 0.3) is 0 Å². The molecule has 1 aromatic rings. The number of halogens is 1. The number of unbranched alkanes of at least 4 members (excludes halogenated alkanes) is 1. The summed E-state index contributed by atoms with van der Waals surface area (Å²) >= 11 is 3.25. The van der Waals surface area contributed by atoms with Crippen LogP contribution in [0.4, 0.5) is 0 Å². The Morgan fingerprint density at radius 3 is 2.62 bits per heavy atom. The van der Waals surface area contributed by atoms with E-state index in [1.54, 1.807) is 0 Å². The zero-order chi connectivity index (χ0) is 12.0. The minimum absolute atomic E-state index is 0.465. The van der Waals surface area contributed by atoms with E-state index in [0.717, 1.165) is 12.8 Å². The summed E-state index contributed by atoms with van der Waals surface area (Å²) in [7, 11) is 0. The SMILES string of the molecule is CCCCC(CC)CC(O)c1ccc(Br)o1. The van der Waals surface area contributed by atoms with Crippen molar-refractivity contribution in [1.82, 2.24) is 0 Å². The van der Waals surface area contributed by atoms with Gasteiger partial charge in [0.2, 0.25) is 0 Å². The molecule has 1 heterocycles. The molecule has 2 unspecified atom stereocenters. The quantitative estimate of drug-likeness (QED) is 0.790. The Hall–Kier alpha value is -0.280. The third-order valence-corrected chi connectivity index (χ3v) is 3.45. The fraction of sp³-hybridized carbons (Fsp3) is 0.692. The number of aliphatic hydroxyl groups excluding tert-OH is 1. The Labute approximate surface area is 106 Å². The van der Waals surface area contributed by atoms with Gasteiger partial charge in [0.1, 0.15) is 11.9 Å². The maximum absolute atomic E-state index is 10.0. The maximum Gasteiger partial charge on any atom is 0.169 e. The molecule has 0 saturated heterocycles. The average molecular weight is 289 g/mol. The van der Waals surface area contributed by atoms with Gasteiger partial charge in [-0.15, -0.1) is 0 Å². The van der Waals surface area contributed by atoms with Gasteiger partial charge in [0.25, 0.3) is 0 Å². The molecular weight excluding hydrogens is 268 g/mol. The van der Waals surface area contributed by atoms with Crippen LogP contribution in [0.5, 0.6) is 0 Å². The molecule has 2 atom stereocenters. The van der Waals surface area contributed by atoms with E-state index in [4.69, 9.17) is 4.42 Å². The van der Waals surface area contributed by atoms with Gasteiger partial charge in [0.05, 0.1) is 0 Å². The second-order valence-electron chi connectivity index (χ2n) is 4.31. The Bertz CT molecular complexity index is 296. The summed E-state index contributed by atoms with van der Waals surface area (Å²) in [6.07, 6.45) is 5.13. The van der Waals surface area contributed by atoms with Gasteiger partial charge in [-0.2, -0.15) is 0 Å². The predicted octanol–water partition coefficient (Wildman–Crippen LogP) is 4.68. The Morgan fingerprint density at radius 1 is 1.38 bits per heavy atom. The van der Waals surface area contributed by atoms with Crippen molar-refractivity contribution >= 4 is 15.9 Å². The maximum atomic E-state index is 10.0. The zero-order valence-electron chi connectivity index (χ0n) is 10.1. The largest absolute Gasteiger partial charge is 0.452 e. The van der Waals surface area contributed by atoms with Crippen LogP contribution in [0.15, 0.2) is 21.2 Å². The molecule has 2 nitrogen and oxygen atoms in total.